The predicted octanol–water partition coefficient (Wildman–Crippen LogP) is -0.192. The SMILES string of the molecule is CCC(=O)NCCCCCCCC(=O)NCCCCCCOC1OCC(OC2OC(C)C(O)C(O)C2NC(C)=O)C(O)C1OS(=O)(=O)O. The Labute approximate surface area is 282 Å². The Balaban J connectivity index is 1.68. The number of rotatable bonds is 22. The van der Waals surface area contributed by atoms with Crippen LogP contribution in [0.3, 0.4) is 0 Å². The van der Waals surface area contributed by atoms with Crippen molar-refractivity contribution in [1.82, 2.24) is 16.0 Å². The molecule has 280 valence electrons. The molecule has 0 radical (unpaired) electrons. The number of amides is 3. The van der Waals surface area contributed by atoms with Crippen LogP contribution in [0.2, 0.25) is 0 Å². The summed E-state index contributed by atoms with van der Waals surface area (Å²) in [5.74, 6) is -0.474. The number of aliphatic hydroxyl groups excluding tert-OH is 3. The van der Waals surface area contributed by atoms with Crippen LogP contribution in [0.25, 0.3) is 0 Å². The number of carbonyl (C=O) groups is 3. The summed E-state index contributed by atoms with van der Waals surface area (Å²) in [6.45, 7) is 5.50. The summed E-state index contributed by atoms with van der Waals surface area (Å²) in [5.41, 5.74) is 0. The van der Waals surface area contributed by atoms with Crippen molar-refractivity contribution in [1.29, 1.82) is 0 Å². The lowest BCUT2D eigenvalue weighted by molar-refractivity contribution is -0.320. The molecule has 0 bridgehead atoms. The quantitative estimate of drug-likeness (QED) is 0.0568. The molecule has 7 N–H and O–H groups in total. The molecule has 2 aliphatic heterocycles. The molecule has 2 fully saturated rings. The van der Waals surface area contributed by atoms with Gasteiger partial charge >= 0.3 is 10.4 Å². The van der Waals surface area contributed by atoms with Crippen LogP contribution in [0.4, 0.5) is 0 Å². The Morgan fingerprint density at radius 1 is 0.833 bits per heavy atom. The lowest BCUT2D eigenvalue weighted by atomic mass is 9.97. The summed E-state index contributed by atoms with van der Waals surface area (Å²) in [7, 11) is -5.05. The Morgan fingerprint density at radius 3 is 2.06 bits per heavy atom. The van der Waals surface area contributed by atoms with Crippen LogP contribution in [-0.4, -0.2) is 128 Å². The molecule has 0 spiro atoms. The van der Waals surface area contributed by atoms with Crippen molar-refractivity contribution in [2.75, 3.05) is 26.3 Å². The van der Waals surface area contributed by atoms with Crippen molar-refractivity contribution in [3.05, 3.63) is 0 Å². The van der Waals surface area contributed by atoms with E-state index in [9.17, 15) is 42.7 Å². The van der Waals surface area contributed by atoms with Crippen molar-refractivity contribution >= 4 is 28.1 Å². The minimum atomic E-state index is -5.05. The van der Waals surface area contributed by atoms with Gasteiger partial charge in [-0.2, -0.15) is 8.42 Å². The Hall–Kier alpha value is -2.00. The molecular formula is C30H55N3O14S. The smallest absolute Gasteiger partial charge is 0.388 e. The summed E-state index contributed by atoms with van der Waals surface area (Å²) in [6, 6.07) is -1.22. The highest BCUT2D eigenvalue weighted by Gasteiger charge is 2.49. The fourth-order valence-electron chi connectivity index (χ4n) is 5.36. The summed E-state index contributed by atoms with van der Waals surface area (Å²) in [5, 5.41) is 39.8. The van der Waals surface area contributed by atoms with Crippen LogP contribution in [0, 0.1) is 0 Å². The van der Waals surface area contributed by atoms with Crippen LogP contribution in [-0.2, 0) is 47.9 Å². The van der Waals surface area contributed by atoms with Crippen molar-refractivity contribution in [3.8, 4) is 0 Å². The molecule has 3 amide bonds. The lowest BCUT2D eigenvalue weighted by Crippen LogP contribution is -2.65. The molecule has 17 nitrogen and oxygen atoms in total. The highest BCUT2D eigenvalue weighted by atomic mass is 32.3. The molecule has 2 heterocycles. The van der Waals surface area contributed by atoms with Gasteiger partial charge in [-0.05, 0) is 32.6 Å². The minimum Gasteiger partial charge on any atom is -0.388 e. The van der Waals surface area contributed by atoms with Crippen LogP contribution in [0.1, 0.15) is 91.4 Å². The average Bonchev–Trinajstić information content (AvgIpc) is 3.02. The van der Waals surface area contributed by atoms with Gasteiger partial charge in [0.2, 0.25) is 17.7 Å². The normalized spacial score (nSPS) is 29.3. The van der Waals surface area contributed by atoms with Gasteiger partial charge in [0.15, 0.2) is 18.7 Å². The maximum Gasteiger partial charge on any atom is 0.397 e. The highest BCUT2D eigenvalue weighted by Crippen LogP contribution is 2.28. The first kappa shape index (κ1) is 42.2. The summed E-state index contributed by atoms with van der Waals surface area (Å²) < 4.78 is 59.6. The first-order valence-electron chi connectivity index (χ1n) is 16.8. The second kappa shape index (κ2) is 22.0. The fourth-order valence-corrected chi connectivity index (χ4v) is 5.84. The largest absolute Gasteiger partial charge is 0.397 e. The topological polar surface area (TPSA) is 249 Å². The third-order valence-electron chi connectivity index (χ3n) is 8.06. The van der Waals surface area contributed by atoms with Crippen molar-refractivity contribution in [3.63, 3.8) is 0 Å². The zero-order chi connectivity index (χ0) is 35.7. The van der Waals surface area contributed by atoms with Crippen LogP contribution < -0.4 is 16.0 Å². The van der Waals surface area contributed by atoms with E-state index >= 15 is 0 Å². The number of aliphatic hydroxyl groups is 3. The van der Waals surface area contributed by atoms with Gasteiger partial charge in [-0.3, -0.25) is 18.9 Å². The molecule has 0 aromatic rings. The van der Waals surface area contributed by atoms with Crippen molar-refractivity contribution < 1.29 is 65.8 Å². The Morgan fingerprint density at radius 2 is 1.44 bits per heavy atom. The number of ether oxygens (including phenoxy) is 4. The maximum absolute atomic E-state index is 12.0. The average molecular weight is 714 g/mol. The summed E-state index contributed by atoms with van der Waals surface area (Å²) in [6.07, 6.45) is -2.65. The number of carbonyl (C=O) groups excluding carboxylic acids is 3. The molecule has 2 saturated heterocycles. The molecule has 9 unspecified atom stereocenters. The van der Waals surface area contributed by atoms with Crippen molar-refractivity contribution in [2.45, 2.75) is 147 Å². The number of hydrogen-bond acceptors (Lipinski definition) is 13. The van der Waals surface area contributed by atoms with E-state index in [1.54, 1.807) is 0 Å². The van der Waals surface area contributed by atoms with Gasteiger partial charge in [-0.1, -0.05) is 39.0 Å². The van der Waals surface area contributed by atoms with Gasteiger partial charge in [-0.15, -0.1) is 0 Å². The molecular weight excluding hydrogens is 658 g/mol. The first-order valence-corrected chi connectivity index (χ1v) is 18.1. The second-order valence-electron chi connectivity index (χ2n) is 12.1. The van der Waals surface area contributed by atoms with E-state index in [2.05, 4.69) is 20.1 Å². The minimum absolute atomic E-state index is 0.0117. The first-order chi connectivity index (χ1) is 22.7. The third kappa shape index (κ3) is 15.7. The molecule has 9 atom stereocenters. The van der Waals surface area contributed by atoms with Crippen LogP contribution in [0.15, 0.2) is 0 Å². The van der Waals surface area contributed by atoms with Crippen molar-refractivity contribution in [2.24, 2.45) is 0 Å². The van der Waals surface area contributed by atoms with E-state index in [0.29, 0.717) is 32.4 Å². The number of hydrogen-bond donors (Lipinski definition) is 7. The van der Waals surface area contributed by atoms with E-state index in [1.165, 1.54) is 13.8 Å². The molecule has 48 heavy (non-hydrogen) atoms. The predicted molar refractivity (Wildman–Crippen MR) is 169 cm³/mol. The van der Waals surface area contributed by atoms with Crippen LogP contribution >= 0.6 is 0 Å². The van der Waals surface area contributed by atoms with E-state index < -0.39 is 71.6 Å². The van der Waals surface area contributed by atoms with E-state index in [1.807, 2.05) is 6.92 Å². The Kier molecular flexibility index (Phi) is 19.3. The standard InChI is InChI=1S/C30H55N3O14S/c1-4-22(35)31-15-11-7-5-6-10-14-23(36)32-16-12-8-9-13-17-43-30-28(47-48(40,41)42)26(38)21(18-44-30)46-29-24(33-20(3)34)27(39)25(37)19(2)45-29/h19,21,24-30,37-39H,4-18H2,1-3H3,(H,31,35)(H,32,36)(H,33,34)(H,40,41,42). The van der Waals surface area contributed by atoms with Gasteiger partial charge in [0, 0.05) is 39.5 Å². The van der Waals surface area contributed by atoms with Gasteiger partial charge in [0.05, 0.1) is 12.7 Å². The van der Waals surface area contributed by atoms with Gasteiger partial charge in [0.1, 0.15) is 30.5 Å². The molecule has 0 aromatic carbocycles. The molecule has 0 saturated carbocycles. The fraction of sp³-hybridized carbons (Fsp3) is 0.900. The monoisotopic (exact) mass is 713 g/mol. The van der Waals surface area contributed by atoms with Gasteiger partial charge < -0.3 is 50.2 Å². The van der Waals surface area contributed by atoms with E-state index in [-0.39, 0.29) is 25.0 Å². The zero-order valence-corrected chi connectivity index (χ0v) is 28.9. The van der Waals surface area contributed by atoms with Gasteiger partial charge in [-0.25, -0.2) is 4.18 Å². The molecule has 0 aliphatic carbocycles. The third-order valence-corrected chi connectivity index (χ3v) is 8.53. The molecule has 2 rings (SSSR count). The lowest BCUT2D eigenvalue weighted by Gasteiger charge is -2.45. The number of nitrogens with one attached hydrogen (secondary N) is 3. The Bertz CT molecular complexity index is 1080. The molecule has 2 aliphatic rings. The molecule has 18 heteroatoms. The van der Waals surface area contributed by atoms with Gasteiger partial charge in [0.25, 0.3) is 0 Å². The maximum atomic E-state index is 12.0. The van der Waals surface area contributed by atoms with E-state index in [0.717, 1.165) is 51.4 Å². The second-order valence-corrected chi connectivity index (χ2v) is 13.2. The van der Waals surface area contributed by atoms with Crippen LogP contribution in [0.5, 0.6) is 0 Å². The zero-order valence-electron chi connectivity index (χ0n) is 28.1. The van der Waals surface area contributed by atoms with E-state index in [4.69, 9.17) is 18.9 Å². The molecule has 0 aromatic heterocycles. The summed E-state index contributed by atoms with van der Waals surface area (Å²) in [4.78, 5) is 34.9. The number of unbranched alkanes of at least 4 members (excludes halogenated alkanes) is 7. The summed E-state index contributed by atoms with van der Waals surface area (Å²) >= 11 is 0. The highest BCUT2D eigenvalue weighted by molar-refractivity contribution is 7.80.